The number of nitriles is 1. The molecule has 0 spiro atoms. The van der Waals surface area contributed by atoms with Gasteiger partial charge in [0.15, 0.2) is 6.04 Å². The minimum absolute atomic E-state index is 0.235. The molecule has 0 radical (unpaired) electrons. The SMILES string of the molecule is Cc1ccsc1C(C#N)NC(=O)C(Cc1c(F)cccc1F)NC(=O)c1ccc(-c2ccccc2Cl)cc1. The van der Waals surface area contributed by atoms with Crippen molar-refractivity contribution in [1.82, 2.24) is 10.6 Å². The molecule has 1 aromatic heterocycles. The Morgan fingerprint density at radius 2 is 1.66 bits per heavy atom. The maximum Gasteiger partial charge on any atom is 0.251 e. The van der Waals surface area contributed by atoms with Crippen molar-refractivity contribution in [3.8, 4) is 17.2 Å². The van der Waals surface area contributed by atoms with E-state index in [1.54, 1.807) is 35.7 Å². The summed E-state index contributed by atoms with van der Waals surface area (Å²) < 4.78 is 28.9. The zero-order valence-corrected chi connectivity index (χ0v) is 21.7. The van der Waals surface area contributed by atoms with Crippen LogP contribution >= 0.6 is 22.9 Å². The van der Waals surface area contributed by atoms with Crippen molar-refractivity contribution < 1.29 is 18.4 Å². The van der Waals surface area contributed by atoms with Crippen LogP contribution in [0.15, 0.2) is 78.2 Å². The fraction of sp³-hybridized carbons (Fsp3) is 0.138. The molecular formula is C29H22ClF2N3O2S. The van der Waals surface area contributed by atoms with Crippen molar-refractivity contribution in [3.63, 3.8) is 0 Å². The number of rotatable bonds is 8. The number of halogens is 3. The van der Waals surface area contributed by atoms with Crippen LogP contribution in [0.4, 0.5) is 8.78 Å². The summed E-state index contributed by atoms with van der Waals surface area (Å²) >= 11 is 7.56. The standard InChI is InChI=1S/C29H22ClF2N3O2S/c1-17-13-14-38-27(17)26(16-33)35-29(37)25(15-21-23(31)7-4-8-24(21)32)34-28(36)19-11-9-18(10-12-19)20-5-2-3-6-22(20)30/h2-14,25-26H,15H2,1H3,(H,34,36)(H,35,37). The van der Waals surface area contributed by atoms with Crippen LogP contribution < -0.4 is 10.6 Å². The summed E-state index contributed by atoms with van der Waals surface area (Å²) in [6.45, 7) is 1.81. The predicted molar refractivity (Wildman–Crippen MR) is 144 cm³/mol. The largest absolute Gasteiger partial charge is 0.340 e. The van der Waals surface area contributed by atoms with E-state index in [1.807, 2.05) is 37.3 Å². The summed E-state index contributed by atoms with van der Waals surface area (Å²) in [5.41, 5.74) is 2.29. The lowest BCUT2D eigenvalue weighted by Crippen LogP contribution is -2.49. The van der Waals surface area contributed by atoms with Crippen LogP contribution in [-0.2, 0) is 11.2 Å². The van der Waals surface area contributed by atoms with Crippen molar-refractivity contribution in [2.75, 3.05) is 0 Å². The summed E-state index contributed by atoms with van der Waals surface area (Å²) in [6, 6.07) is 18.7. The normalized spacial score (nSPS) is 12.3. The molecule has 4 aromatic rings. The number of hydrogen-bond donors (Lipinski definition) is 2. The highest BCUT2D eigenvalue weighted by Gasteiger charge is 2.28. The Labute approximate surface area is 227 Å². The van der Waals surface area contributed by atoms with E-state index in [0.717, 1.165) is 28.8 Å². The Kier molecular flexibility index (Phi) is 8.52. The molecule has 192 valence electrons. The van der Waals surface area contributed by atoms with Gasteiger partial charge in [-0.2, -0.15) is 5.26 Å². The van der Waals surface area contributed by atoms with Gasteiger partial charge in [0.1, 0.15) is 17.7 Å². The maximum atomic E-state index is 14.4. The Morgan fingerprint density at radius 3 is 2.26 bits per heavy atom. The molecule has 9 heteroatoms. The molecule has 2 amide bonds. The van der Waals surface area contributed by atoms with Crippen LogP contribution in [0.3, 0.4) is 0 Å². The number of benzene rings is 3. The average Bonchev–Trinajstić information content (AvgIpc) is 3.34. The first-order valence-electron chi connectivity index (χ1n) is 11.6. The Hall–Kier alpha value is -4.06. The van der Waals surface area contributed by atoms with Gasteiger partial charge < -0.3 is 10.6 Å². The summed E-state index contributed by atoms with van der Waals surface area (Å²) in [6.07, 6.45) is -0.449. The molecule has 1 heterocycles. The van der Waals surface area contributed by atoms with E-state index in [9.17, 15) is 23.6 Å². The van der Waals surface area contributed by atoms with Gasteiger partial charge >= 0.3 is 0 Å². The molecule has 38 heavy (non-hydrogen) atoms. The number of aryl methyl sites for hydroxylation is 1. The number of thiophene rings is 1. The number of amides is 2. The molecule has 3 aromatic carbocycles. The number of carbonyl (C=O) groups excluding carboxylic acids is 2. The lowest BCUT2D eigenvalue weighted by atomic mass is 10.0. The van der Waals surface area contributed by atoms with Crippen LogP contribution in [0.5, 0.6) is 0 Å². The van der Waals surface area contributed by atoms with Gasteiger partial charge in [0.2, 0.25) is 5.91 Å². The second kappa shape index (κ2) is 12.0. The summed E-state index contributed by atoms with van der Waals surface area (Å²) in [5.74, 6) is -3.04. The average molecular weight is 550 g/mol. The van der Waals surface area contributed by atoms with Crippen LogP contribution in [0.2, 0.25) is 5.02 Å². The highest BCUT2D eigenvalue weighted by atomic mass is 35.5. The van der Waals surface area contributed by atoms with E-state index in [-0.39, 0.29) is 11.1 Å². The van der Waals surface area contributed by atoms with Crippen LogP contribution in [0.25, 0.3) is 11.1 Å². The monoisotopic (exact) mass is 549 g/mol. The minimum Gasteiger partial charge on any atom is -0.340 e. The van der Waals surface area contributed by atoms with E-state index < -0.39 is 42.0 Å². The van der Waals surface area contributed by atoms with E-state index >= 15 is 0 Å². The van der Waals surface area contributed by atoms with Crippen molar-refractivity contribution in [1.29, 1.82) is 5.26 Å². The maximum absolute atomic E-state index is 14.4. The smallest absolute Gasteiger partial charge is 0.251 e. The molecule has 5 nitrogen and oxygen atoms in total. The molecule has 0 fully saturated rings. The summed E-state index contributed by atoms with van der Waals surface area (Å²) in [7, 11) is 0. The zero-order valence-electron chi connectivity index (χ0n) is 20.2. The fourth-order valence-corrected chi connectivity index (χ4v) is 5.12. The second-order valence-corrected chi connectivity index (χ2v) is 9.88. The molecule has 0 saturated carbocycles. The number of nitrogens with zero attached hydrogens (tertiary/aromatic N) is 1. The third-order valence-corrected chi connectivity index (χ3v) is 7.42. The molecule has 0 aliphatic carbocycles. The van der Waals surface area contributed by atoms with Crippen molar-refractivity contribution >= 4 is 34.8 Å². The number of hydrogen-bond acceptors (Lipinski definition) is 4. The van der Waals surface area contributed by atoms with Gasteiger partial charge in [-0.3, -0.25) is 9.59 Å². The molecular weight excluding hydrogens is 528 g/mol. The first-order valence-corrected chi connectivity index (χ1v) is 12.9. The van der Waals surface area contributed by atoms with Gasteiger partial charge in [0.25, 0.3) is 5.91 Å². The van der Waals surface area contributed by atoms with Crippen LogP contribution in [-0.4, -0.2) is 17.9 Å². The van der Waals surface area contributed by atoms with Crippen molar-refractivity contribution in [2.24, 2.45) is 0 Å². The summed E-state index contributed by atoms with van der Waals surface area (Å²) in [4.78, 5) is 27.0. The Bertz CT molecular complexity index is 1490. The second-order valence-electron chi connectivity index (χ2n) is 8.53. The van der Waals surface area contributed by atoms with E-state index in [4.69, 9.17) is 11.6 Å². The lowest BCUT2D eigenvalue weighted by molar-refractivity contribution is -0.123. The Balaban J connectivity index is 1.58. The van der Waals surface area contributed by atoms with Gasteiger partial charge in [0.05, 0.1) is 6.07 Å². The van der Waals surface area contributed by atoms with E-state index in [2.05, 4.69) is 10.6 Å². The van der Waals surface area contributed by atoms with Gasteiger partial charge in [-0.15, -0.1) is 11.3 Å². The molecule has 0 saturated heterocycles. The first kappa shape index (κ1) is 27.0. The van der Waals surface area contributed by atoms with E-state index in [1.165, 1.54) is 17.4 Å². The quantitative estimate of drug-likeness (QED) is 0.268. The molecule has 4 rings (SSSR count). The van der Waals surface area contributed by atoms with E-state index in [0.29, 0.717) is 9.90 Å². The van der Waals surface area contributed by atoms with Gasteiger partial charge in [0, 0.05) is 33.0 Å². The predicted octanol–water partition coefficient (Wildman–Crippen LogP) is 6.38. The van der Waals surface area contributed by atoms with Crippen molar-refractivity contribution in [3.05, 3.63) is 116 Å². The highest BCUT2D eigenvalue weighted by Crippen LogP contribution is 2.28. The number of nitrogens with one attached hydrogen (secondary N) is 2. The van der Waals surface area contributed by atoms with Gasteiger partial charge in [-0.1, -0.05) is 48.0 Å². The fourth-order valence-electron chi connectivity index (χ4n) is 3.96. The van der Waals surface area contributed by atoms with Crippen LogP contribution in [0, 0.1) is 29.9 Å². The molecule has 2 atom stereocenters. The van der Waals surface area contributed by atoms with Crippen molar-refractivity contribution in [2.45, 2.75) is 25.4 Å². The summed E-state index contributed by atoms with van der Waals surface area (Å²) in [5, 5.41) is 17.2. The molecule has 0 bridgehead atoms. The third kappa shape index (κ3) is 6.08. The molecule has 0 aliphatic heterocycles. The first-order chi connectivity index (χ1) is 18.3. The molecule has 0 aliphatic rings. The molecule has 2 unspecified atom stereocenters. The minimum atomic E-state index is -1.35. The lowest BCUT2D eigenvalue weighted by Gasteiger charge is -2.21. The number of carbonyl (C=O) groups is 2. The van der Waals surface area contributed by atoms with Gasteiger partial charge in [-0.25, -0.2) is 8.78 Å². The Morgan fingerprint density at radius 1 is 0.974 bits per heavy atom. The zero-order chi connectivity index (χ0) is 27.2. The molecule has 2 N–H and O–H groups in total. The van der Waals surface area contributed by atoms with Crippen LogP contribution in [0.1, 0.15) is 32.4 Å². The third-order valence-electron chi connectivity index (χ3n) is 6.00. The topological polar surface area (TPSA) is 82.0 Å². The van der Waals surface area contributed by atoms with Gasteiger partial charge in [-0.05, 0) is 59.8 Å². The highest BCUT2D eigenvalue weighted by molar-refractivity contribution is 7.10.